The van der Waals surface area contributed by atoms with Gasteiger partial charge in [-0.1, -0.05) is 109 Å². The van der Waals surface area contributed by atoms with E-state index in [1.807, 2.05) is 17.4 Å². The fraction of sp³-hybridized carbons (Fsp3) is 0. The summed E-state index contributed by atoms with van der Waals surface area (Å²) in [5, 5.41) is 9.93. The Bertz CT molecular complexity index is 3410. The Hall–Kier alpha value is -6.62. The molecule has 0 unspecified atom stereocenters. The summed E-state index contributed by atoms with van der Waals surface area (Å²) in [7, 11) is 0. The van der Waals surface area contributed by atoms with Gasteiger partial charge < -0.3 is 13.6 Å². The highest BCUT2D eigenvalue weighted by Crippen LogP contribution is 2.46. The van der Waals surface area contributed by atoms with Crippen molar-refractivity contribution in [3.8, 4) is 22.5 Å². The molecule has 12 aromatic rings. The van der Waals surface area contributed by atoms with Gasteiger partial charge in [0.15, 0.2) is 0 Å². The molecule has 52 heavy (non-hydrogen) atoms. The van der Waals surface area contributed by atoms with Gasteiger partial charge in [-0.05, 0) is 66.2 Å². The maximum atomic E-state index is 6.29. The molecule has 4 heterocycles. The van der Waals surface area contributed by atoms with Gasteiger partial charge in [0.05, 0.1) is 22.1 Å². The second-order valence-electron chi connectivity index (χ2n) is 13.6. The lowest BCUT2D eigenvalue weighted by Gasteiger charge is -2.10. The van der Waals surface area contributed by atoms with Gasteiger partial charge in [-0.3, -0.25) is 0 Å². The highest BCUT2D eigenvalue weighted by atomic mass is 32.1. The third kappa shape index (κ3) is 3.74. The molecular weight excluding hydrogens is 653 g/mol. The van der Waals surface area contributed by atoms with Crippen molar-refractivity contribution in [3.63, 3.8) is 0 Å². The minimum absolute atomic E-state index is 0.922. The van der Waals surface area contributed by atoms with Crippen molar-refractivity contribution < 1.29 is 4.42 Å². The Morgan fingerprint density at radius 2 is 1.08 bits per heavy atom. The van der Waals surface area contributed by atoms with E-state index in [0.717, 1.165) is 22.2 Å². The smallest absolute Gasteiger partial charge is 0.136 e. The van der Waals surface area contributed by atoms with Crippen LogP contribution in [0.3, 0.4) is 0 Å². The Labute approximate surface area is 301 Å². The number of furan rings is 1. The van der Waals surface area contributed by atoms with E-state index in [1.165, 1.54) is 86.0 Å². The lowest BCUT2D eigenvalue weighted by Crippen LogP contribution is -1.95. The third-order valence-corrected chi connectivity index (χ3v) is 12.1. The number of aromatic nitrogens is 2. The number of fused-ring (bicyclic) bond motifs is 13. The predicted octanol–water partition coefficient (Wildman–Crippen LogP) is 13.8. The summed E-state index contributed by atoms with van der Waals surface area (Å²) in [5.41, 5.74) is 11.5. The van der Waals surface area contributed by atoms with Crippen LogP contribution in [0.4, 0.5) is 0 Å². The number of hydrogen-bond donors (Lipinski definition) is 0. The summed E-state index contributed by atoms with van der Waals surface area (Å²) in [4.78, 5) is 0. The van der Waals surface area contributed by atoms with Crippen molar-refractivity contribution in [3.05, 3.63) is 170 Å². The van der Waals surface area contributed by atoms with Crippen LogP contribution in [-0.4, -0.2) is 9.13 Å². The fourth-order valence-corrected chi connectivity index (χ4v) is 9.98. The van der Waals surface area contributed by atoms with Gasteiger partial charge in [-0.15, -0.1) is 11.3 Å². The lowest BCUT2D eigenvalue weighted by atomic mass is 9.98. The molecule has 0 radical (unpaired) electrons. The van der Waals surface area contributed by atoms with Gasteiger partial charge >= 0.3 is 0 Å². The summed E-state index contributed by atoms with van der Waals surface area (Å²) in [6, 6.07) is 61.6. The molecule has 8 aromatic carbocycles. The molecule has 3 nitrogen and oxygen atoms in total. The van der Waals surface area contributed by atoms with Gasteiger partial charge in [0, 0.05) is 69.4 Å². The van der Waals surface area contributed by atoms with E-state index >= 15 is 0 Å². The van der Waals surface area contributed by atoms with Crippen LogP contribution in [0.5, 0.6) is 0 Å². The second kappa shape index (κ2) is 10.5. The number of benzene rings is 8. The van der Waals surface area contributed by atoms with Gasteiger partial charge in [-0.25, -0.2) is 0 Å². The molecule has 4 heteroatoms. The summed E-state index contributed by atoms with van der Waals surface area (Å²) in [6.07, 6.45) is 0. The number of rotatable bonds is 3. The normalized spacial score (nSPS) is 12.2. The number of thiophene rings is 1. The molecular formula is C48H28N2OS. The average molecular weight is 681 g/mol. The zero-order chi connectivity index (χ0) is 33.9. The van der Waals surface area contributed by atoms with E-state index in [1.54, 1.807) is 0 Å². The molecule has 0 amide bonds. The van der Waals surface area contributed by atoms with Crippen LogP contribution < -0.4 is 0 Å². The standard InChI is InChI=1S/C48H28N2OS/c1-2-12-29(13-3-1)50-39-20-7-4-14-31(39)33-25-26-41-46(47(33)50)36-15-5-8-21-40(36)49(41)30-24-27-44-38(28-30)35-19-10-18-34(48(35)52-44)32-17-11-23-43-45(32)37-16-6-9-22-42(37)51-43/h1-28H. The van der Waals surface area contributed by atoms with Crippen LogP contribution in [0.1, 0.15) is 0 Å². The van der Waals surface area contributed by atoms with Gasteiger partial charge in [-0.2, -0.15) is 0 Å². The number of para-hydroxylation sites is 4. The van der Waals surface area contributed by atoms with Crippen molar-refractivity contribution >= 4 is 97.1 Å². The molecule has 0 aliphatic carbocycles. The zero-order valence-electron chi connectivity index (χ0n) is 27.9. The van der Waals surface area contributed by atoms with E-state index in [0.29, 0.717) is 0 Å². The molecule has 0 saturated carbocycles. The van der Waals surface area contributed by atoms with Crippen molar-refractivity contribution in [2.75, 3.05) is 0 Å². The molecule has 0 atom stereocenters. The van der Waals surface area contributed by atoms with E-state index in [2.05, 4.69) is 173 Å². The minimum atomic E-state index is 0.922. The third-order valence-electron chi connectivity index (χ3n) is 10.9. The fourth-order valence-electron chi connectivity index (χ4n) is 8.77. The molecule has 242 valence electrons. The first-order valence-electron chi connectivity index (χ1n) is 17.7. The largest absolute Gasteiger partial charge is 0.456 e. The predicted molar refractivity (Wildman–Crippen MR) is 221 cm³/mol. The topological polar surface area (TPSA) is 23.0 Å². The van der Waals surface area contributed by atoms with Crippen LogP contribution >= 0.6 is 11.3 Å². The Morgan fingerprint density at radius 3 is 1.96 bits per heavy atom. The molecule has 0 aliphatic rings. The molecule has 0 saturated heterocycles. The first-order chi connectivity index (χ1) is 25.8. The van der Waals surface area contributed by atoms with Crippen molar-refractivity contribution in [1.29, 1.82) is 0 Å². The zero-order valence-corrected chi connectivity index (χ0v) is 28.7. The summed E-state index contributed by atoms with van der Waals surface area (Å²) < 4.78 is 13.8. The van der Waals surface area contributed by atoms with Crippen LogP contribution in [-0.2, 0) is 0 Å². The summed E-state index contributed by atoms with van der Waals surface area (Å²) >= 11 is 1.87. The molecule has 0 bridgehead atoms. The summed E-state index contributed by atoms with van der Waals surface area (Å²) in [5.74, 6) is 0. The molecule has 0 aliphatic heterocycles. The van der Waals surface area contributed by atoms with Gasteiger partial charge in [0.25, 0.3) is 0 Å². The van der Waals surface area contributed by atoms with Crippen LogP contribution in [0.15, 0.2) is 174 Å². The first kappa shape index (κ1) is 28.1. The van der Waals surface area contributed by atoms with E-state index in [-0.39, 0.29) is 0 Å². The lowest BCUT2D eigenvalue weighted by molar-refractivity contribution is 0.669. The van der Waals surface area contributed by atoms with Crippen molar-refractivity contribution in [2.45, 2.75) is 0 Å². The van der Waals surface area contributed by atoms with Crippen molar-refractivity contribution in [1.82, 2.24) is 9.13 Å². The number of nitrogens with zero attached hydrogens (tertiary/aromatic N) is 2. The van der Waals surface area contributed by atoms with Crippen LogP contribution in [0.2, 0.25) is 0 Å². The average Bonchev–Trinajstić information content (AvgIpc) is 3.95. The van der Waals surface area contributed by atoms with Crippen molar-refractivity contribution in [2.24, 2.45) is 0 Å². The maximum absolute atomic E-state index is 6.29. The molecule has 0 fully saturated rings. The second-order valence-corrected chi connectivity index (χ2v) is 14.7. The first-order valence-corrected chi connectivity index (χ1v) is 18.5. The Kier molecular flexibility index (Phi) is 5.65. The maximum Gasteiger partial charge on any atom is 0.136 e. The minimum Gasteiger partial charge on any atom is -0.456 e. The molecule has 0 N–H and O–H groups in total. The monoisotopic (exact) mass is 680 g/mol. The van der Waals surface area contributed by atoms with E-state index < -0.39 is 0 Å². The molecule has 12 rings (SSSR count). The Balaban J connectivity index is 1.13. The highest BCUT2D eigenvalue weighted by Gasteiger charge is 2.22. The highest BCUT2D eigenvalue weighted by molar-refractivity contribution is 7.26. The number of hydrogen-bond acceptors (Lipinski definition) is 2. The quantitative estimate of drug-likeness (QED) is 0.182. The Morgan fingerprint density at radius 1 is 0.385 bits per heavy atom. The molecule has 0 spiro atoms. The van der Waals surface area contributed by atoms with E-state index in [4.69, 9.17) is 4.42 Å². The van der Waals surface area contributed by atoms with Crippen LogP contribution in [0, 0.1) is 0 Å². The van der Waals surface area contributed by atoms with Crippen LogP contribution in [0.25, 0.3) is 108 Å². The van der Waals surface area contributed by atoms with E-state index in [9.17, 15) is 0 Å². The van der Waals surface area contributed by atoms with Gasteiger partial charge in [0.2, 0.25) is 0 Å². The molecule has 4 aromatic heterocycles. The van der Waals surface area contributed by atoms with Gasteiger partial charge in [0.1, 0.15) is 11.2 Å². The summed E-state index contributed by atoms with van der Waals surface area (Å²) in [6.45, 7) is 0. The SMILES string of the molecule is c1ccc(-n2c3ccccc3c3ccc4c(c5ccccc5n4-c4ccc5sc6c(-c7cccc8oc9ccccc9c78)cccc6c5c4)c32)cc1.